The van der Waals surface area contributed by atoms with Crippen molar-refractivity contribution in [2.45, 2.75) is 18.9 Å². The quantitative estimate of drug-likeness (QED) is 0.402. The van der Waals surface area contributed by atoms with Crippen molar-refractivity contribution in [3.05, 3.63) is 29.8 Å². The topological polar surface area (TPSA) is 109 Å². The van der Waals surface area contributed by atoms with E-state index >= 15 is 0 Å². The Balaban J connectivity index is 1.40. The van der Waals surface area contributed by atoms with Gasteiger partial charge in [0.1, 0.15) is 5.75 Å². The van der Waals surface area contributed by atoms with Crippen molar-refractivity contribution in [2.75, 3.05) is 32.9 Å². The lowest BCUT2D eigenvalue weighted by molar-refractivity contribution is -0.139. The van der Waals surface area contributed by atoms with E-state index in [4.69, 9.17) is 9.47 Å². The van der Waals surface area contributed by atoms with Crippen LogP contribution in [0.3, 0.4) is 0 Å². The molecule has 3 rings (SSSR count). The molecule has 27 heavy (non-hydrogen) atoms. The summed E-state index contributed by atoms with van der Waals surface area (Å²) in [5, 5.41) is 6.33. The van der Waals surface area contributed by atoms with Crippen LogP contribution in [0.15, 0.2) is 29.4 Å². The molecule has 1 aromatic carbocycles. The van der Waals surface area contributed by atoms with E-state index in [-0.39, 0.29) is 18.6 Å². The lowest BCUT2D eigenvalue weighted by Crippen LogP contribution is -2.42. The summed E-state index contributed by atoms with van der Waals surface area (Å²) in [5.41, 5.74) is 2.89. The van der Waals surface area contributed by atoms with Gasteiger partial charge in [0.2, 0.25) is 0 Å². The second-order valence-electron chi connectivity index (χ2n) is 6.30. The lowest BCUT2D eigenvalue weighted by Gasteiger charge is -2.26. The number of benzene rings is 1. The zero-order valence-electron chi connectivity index (χ0n) is 14.8. The average Bonchev–Trinajstić information content (AvgIpc) is 3.51. The number of hydrazone groups is 1. The molecule has 2 aliphatic rings. The van der Waals surface area contributed by atoms with Crippen LogP contribution in [0.2, 0.25) is 0 Å². The highest BCUT2D eigenvalue weighted by atomic mass is 16.5. The van der Waals surface area contributed by atoms with E-state index in [1.807, 2.05) is 0 Å². The summed E-state index contributed by atoms with van der Waals surface area (Å²) >= 11 is 0. The molecule has 1 saturated heterocycles. The molecule has 0 unspecified atom stereocenters. The van der Waals surface area contributed by atoms with Crippen LogP contribution in [-0.4, -0.2) is 67.8 Å². The van der Waals surface area contributed by atoms with Crippen LogP contribution >= 0.6 is 0 Å². The Labute approximate surface area is 156 Å². The van der Waals surface area contributed by atoms with Gasteiger partial charge in [0.15, 0.2) is 6.61 Å². The molecule has 0 radical (unpaired) electrons. The standard InChI is InChI=1S/C18H22N4O5/c23-16(22-7-9-26-10-8-22)12-27-15-5-1-13(2-6-15)11-19-21-18(25)17(24)20-14-3-4-14/h1-2,5-6,11,14H,3-4,7-10,12H2,(H,20,24)(H,21,25)/b19-11-. The van der Waals surface area contributed by atoms with Crippen molar-refractivity contribution >= 4 is 23.9 Å². The molecule has 9 heteroatoms. The molecule has 1 aliphatic carbocycles. The Morgan fingerprint density at radius 1 is 1.15 bits per heavy atom. The zero-order valence-corrected chi connectivity index (χ0v) is 14.8. The summed E-state index contributed by atoms with van der Waals surface area (Å²) in [6.45, 7) is 2.25. The summed E-state index contributed by atoms with van der Waals surface area (Å²) in [4.78, 5) is 36.7. The first kappa shape index (κ1) is 18.8. The number of morpholine rings is 1. The number of nitrogens with one attached hydrogen (secondary N) is 2. The molecule has 0 spiro atoms. The number of rotatable bonds is 6. The van der Waals surface area contributed by atoms with Crippen molar-refractivity contribution in [3.8, 4) is 5.75 Å². The van der Waals surface area contributed by atoms with E-state index in [0.29, 0.717) is 37.6 Å². The van der Waals surface area contributed by atoms with E-state index in [2.05, 4.69) is 15.8 Å². The van der Waals surface area contributed by atoms with Gasteiger partial charge in [-0.15, -0.1) is 0 Å². The maximum absolute atomic E-state index is 12.0. The molecular weight excluding hydrogens is 352 g/mol. The molecule has 0 bridgehead atoms. The fourth-order valence-corrected chi connectivity index (χ4v) is 2.39. The van der Waals surface area contributed by atoms with Gasteiger partial charge in [-0.1, -0.05) is 0 Å². The molecular formula is C18H22N4O5. The van der Waals surface area contributed by atoms with Crippen molar-refractivity contribution in [1.29, 1.82) is 0 Å². The smallest absolute Gasteiger partial charge is 0.329 e. The predicted molar refractivity (Wildman–Crippen MR) is 96.2 cm³/mol. The van der Waals surface area contributed by atoms with Gasteiger partial charge < -0.3 is 19.7 Å². The van der Waals surface area contributed by atoms with Crippen molar-refractivity contribution in [1.82, 2.24) is 15.6 Å². The molecule has 1 saturated carbocycles. The highest BCUT2D eigenvalue weighted by Gasteiger charge is 2.26. The normalized spacial score (nSPS) is 16.8. The maximum Gasteiger partial charge on any atom is 0.329 e. The van der Waals surface area contributed by atoms with E-state index in [1.54, 1.807) is 29.2 Å². The van der Waals surface area contributed by atoms with Crippen LogP contribution < -0.4 is 15.5 Å². The number of carbonyl (C=O) groups is 3. The minimum Gasteiger partial charge on any atom is -0.484 e. The molecule has 3 amide bonds. The van der Waals surface area contributed by atoms with E-state index in [0.717, 1.165) is 12.8 Å². The number of ether oxygens (including phenoxy) is 2. The van der Waals surface area contributed by atoms with Gasteiger partial charge in [0.05, 0.1) is 19.4 Å². The van der Waals surface area contributed by atoms with Crippen LogP contribution in [0.1, 0.15) is 18.4 Å². The van der Waals surface area contributed by atoms with Gasteiger partial charge in [0.25, 0.3) is 5.91 Å². The number of carbonyl (C=O) groups excluding carboxylic acids is 3. The van der Waals surface area contributed by atoms with E-state index in [1.165, 1.54) is 6.21 Å². The largest absolute Gasteiger partial charge is 0.484 e. The molecule has 144 valence electrons. The van der Waals surface area contributed by atoms with Crippen LogP contribution in [0.4, 0.5) is 0 Å². The zero-order chi connectivity index (χ0) is 19.1. The summed E-state index contributed by atoms with van der Waals surface area (Å²) < 4.78 is 10.7. The summed E-state index contributed by atoms with van der Waals surface area (Å²) in [6, 6.07) is 6.99. The van der Waals surface area contributed by atoms with Crippen LogP contribution in [0, 0.1) is 0 Å². The minimum absolute atomic E-state index is 0.0282. The molecule has 0 atom stereocenters. The van der Waals surface area contributed by atoms with Gasteiger partial charge in [0, 0.05) is 19.1 Å². The number of nitrogens with zero attached hydrogens (tertiary/aromatic N) is 2. The molecule has 1 aromatic rings. The minimum atomic E-state index is -0.792. The van der Waals surface area contributed by atoms with Crippen LogP contribution in [0.5, 0.6) is 5.75 Å². The lowest BCUT2D eigenvalue weighted by atomic mass is 10.2. The summed E-state index contributed by atoms with van der Waals surface area (Å²) in [6.07, 6.45) is 3.24. The van der Waals surface area contributed by atoms with Crippen molar-refractivity contribution in [3.63, 3.8) is 0 Å². The first-order chi connectivity index (χ1) is 13.1. The first-order valence-corrected chi connectivity index (χ1v) is 8.84. The van der Waals surface area contributed by atoms with Gasteiger partial charge in [-0.2, -0.15) is 5.10 Å². The molecule has 1 aliphatic heterocycles. The van der Waals surface area contributed by atoms with E-state index in [9.17, 15) is 14.4 Å². The number of hydrogen-bond acceptors (Lipinski definition) is 6. The Bertz CT molecular complexity index is 709. The molecule has 2 fully saturated rings. The highest BCUT2D eigenvalue weighted by Crippen LogP contribution is 2.18. The Hall–Kier alpha value is -2.94. The second kappa shape index (κ2) is 9.13. The fraction of sp³-hybridized carbons (Fsp3) is 0.444. The number of hydrogen-bond donors (Lipinski definition) is 2. The Kier molecular flexibility index (Phi) is 6.37. The van der Waals surface area contributed by atoms with Crippen molar-refractivity contribution < 1.29 is 23.9 Å². The third-order valence-electron chi connectivity index (χ3n) is 4.10. The Morgan fingerprint density at radius 3 is 2.52 bits per heavy atom. The summed E-state index contributed by atoms with van der Waals surface area (Å²) in [5.74, 6) is -0.985. The predicted octanol–water partition coefficient (Wildman–Crippen LogP) is -0.347. The van der Waals surface area contributed by atoms with Gasteiger partial charge >= 0.3 is 11.8 Å². The van der Waals surface area contributed by atoms with Crippen molar-refractivity contribution in [2.24, 2.45) is 5.10 Å². The van der Waals surface area contributed by atoms with Crippen LogP contribution in [0.25, 0.3) is 0 Å². The molecule has 9 nitrogen and oxygen atoms in total. The fourth-order valence-electron chi connectivity index (χ4n) is 2.39. The summed E-state index contributed by atoms with van der Waals surface area (Å²) in [7, 11) is 0. The Morgan fingerprint density at radius 2 is 1.85 bits per heavy atom. The average molecular weight is 374 g/mol. The van der Waals surface area contributed by atoms with Gasteiger partial charge in [-0.3, -0.25) is 14.4 Å². The first-order valence-electron chi connectivity index (χ1n) is 8.84. The van der Waals surface area contributed by atoms with Gasteiger partial charge in [-0.25, -0.2) is 5.43 Å². The SMILES string of the molecule is O=C(N/N=C\c1ccc(OCC(=O)N2CCOCC2)cc1)C(=O)NC1CC1. The van der Waals surface area contributed by atoms with Gasteiger partial charge in [-0.05, 0) is 42.7 Å². The second-order valence-corrected chi connectivity index (χ2v) is 6.30. The molecule has 0 aromatic heterocycles. The molecule has 1 heterocycles. The maximum atomic E-state index is 12.0. The monoisotopic (exact) mass is 374 g/mol. The van der Waals surface area contributed by atoms with Crippen LogP contribution in [-0.2, 0) is 19.1 Å². The molecule has 2 N–H and O–H groups in total. The number of amides is 3. The third kappa shape index (κ3) is 6.07. The third-order valence-corrected chi connectivity index (χ3v) is 4.10. The highest BCUT2D eigenvalue weighted by molar-refractivity contribution is 6.35. The van der Waals surface area contributed by atoms with E-state index < -0.39 is 11.8 Å².